The molecule has 0 bridgehead atoms. The second-order valence-corrected chi connectivity index (χ2v) is 9.85. The molecular formula is C27H25F3N4O4. The highest BCUT2D eigenvalue weighted by Crippen LogP contribution is 2.48. The molecular weight excluding hydrogens is 501 g/mol. The van der Waals surface area contributed by atoms with Gasteiger partial charge in [0.05, 0.1) is 45.8 Å². The van der Waals surface area contributed by atoms with Crippen molar-refractivity contribution in [3.63, 3.8) is 0 Å². The summed E-state index contributed by atoms with van der Waals surface area (Å²) in [5.41, 5.74) is -0.00847. The topological polar surface area (TPSA) is 97.0 Å². The largest absolute Gasteiger partial charge is 0.458 e. The highest BCUT2D eigenvalue weighted by Gasteiger charge is 2.47. The molecule has 2 aromatic heterocycles. The number of anilines is 1. The zero-order valence-corrected chi connectivity index (χ0v) is 20.9. The van der Waals surface area contributed by atoms with E-state index in [2.05, 4.69) is 4.99 Å². The van der Waals surface area contributed by atoms with E-state index in [1.165, 1.54) is 15.5 Å². The molecule has 0 radical (unpaired) electrons. The number of pyridine rings is 2. The minimum atomic E-state index is -4.70. The minimum absolute atomic E-state index is 0.00268. The molecule has 1 atom stereocenters. The molecule has 0 saturated carbocycles. The zero-order valence-electron chi connectivity index (χ0n) is 20.9. The summed E-state index contributed by atoms with van der Waals surface area (Å²) < 4.78 is 49.5. The molecule has 1 N–H and O–H groups in total. The Morgan fingerprint density at radius 1 is 1.16 bits per heavy atom. The Kier molecular flexibility index (Phi) is 5.43. The summed E-state index contributed by atoms with van der Waals surface area (Å²) in [7, 11) is 0. The van der Waals surface area contributed by atoms with Gasteiger partial charge in [-0.15, -0.1) is 0 Å². The van der Waals surface area contributed by atoms with Gasteiger partial charge in [-0.3, -0.25) is 4.79 Å². The molecule has 5 heterocycles. The van der Waals surface area contributed by atoms with E-state index in [9.17, 15) is 27.9 Å². The second kappa shape index (κ2) is 8.39. The van der Waals surface area contributed by atoms with Gasteiger partial charge in [0.25, 0.3) is 5.56 Å². The number of halogens is 3. The van der Waals surface area contributed by atoms with Gasteiger partial charge in [0.1, 0.15) is 6.61 Å². The summed E-state index contributed by atoms with van der Waals surface area (Å²) in [4.78, 5) is 36.0. The van der Waals surface area contributed by atoms with Crippen LogP contribution in [0.5, 0.6) is 0 Å². The molecule has 0 spiro atoms. The van der Waals surface area contributed by atoms with E-state index >= 15 is 0 Å². The van der Waals surface area contributed by atoms with Crippen molar-refractivity contribution in [1.29, 1.82) is 0 Å². The number of esters is 1. The van der Waals surface area contributed by atoms with Crippen LogP contribution in [0.2, 0.25) is 0 Å². The first-order chi connectivity index (χ1) is 18.1. The van der Waals surface area contributed by atoms with Crippen LogP contribution in [-0.4, -0.2) is 39.2 Å². The number of carbonyl (C=O) groups excluding carboxylic acids is 1. The molecule has 0 unspecified atom stereocenters. The number of nitrogens with zero attached hydrogens (tertiary/aromatic N) is 4. The van der Waals surface area contributed by atoms with E-state index in [0.29, 0.717) is 40.0 Å². The summed E-state index contributed by atoms with van der Waals surface area (Å²) in [6.07, 6.45) is -2.60. The third-order valence-corrected chi connectivity index (χ3v) is 7.65. The predicted molar refractivity (Wildman–Crippen MR) is 135 cm³/mol. The Labute approximate surface area is 215 Å². The van der Waals surface area contributed by atoms with E-state index in [0.717, 1.165) is 12.8 Å². The molecule has 0 aliphatic carbocycles. The average molecular weight is 527 g/mol. The van der Waals surface area contributed by atoms with Gasteiger partial charge >= 0.3 is 12.1 Å². The highest BCUT2D eigenvalue weighted by atomic mass is 19.4. The normalized spacial score (nSPS) is 19.7. The number of aliphatic hydroxyl groups is 1. The van der Waals surface area contributed by atoms with Gasteiger partial charge in [-0.1, -0.05) is 32.8 Å². The lowest BCUT2D eigenvalue weighted by molar-refractivity contribution is -0.172. The first-order valence-corrected chi connectivity index (χ1v) is 12.7. The number of amidine groups is 1. The standard InChI is InChI=1S/C27H25F3N4O4/c1-3-5-6-10-33-22-14-12-34-19(11-16-15(23(34)35)13-38-25(36)26(16,37)4-2)21(14)31-17-8-7-9-18(20(17)22)32-24(33)27(28,29)30/h7-9,11,37H,3-6,10,12-13H2,1-2H3/t26-/m0/s1. The first-order valence-electron chi connectivity index (χ1n) is 12.7. The number of alkyl halides is 3. The lowest BCUT2D eigenvalue weighted by Gasteiger charge is -2.33. The van der Waals surface area contributed by atoms with Crippen LogP contribution in [0.1, 0.15) is 56.2 Å². The van der Waals surface area contributed by atoms with E-state index in [4.69, 9.17) is 9.72 Å². The Balaban J connectivity index is 1.63. The lowest BCUT2D eigenvalue weighted by Crippen LogP contribution is -2.44. The van der Waals surface area contributed by atoms with Crippen molar-refractivity contribution in [2.45, 2.75) is 64.5 Å². The molecule has 198 valence electrons. The number of benzene rings is 1. The number of aliphatic imine (C=N–C) groups is 1. The SMILES string of the molecule is CCCCCN1C(C(F)(F)F)=Nc2cccc3nc4c(c1c23)Cn1c-4cc2c(c1=O)COC(=O)[C@]2(O)CC. The Bertz CT molecular complexity index is 1610. The highest BCUT2D eigenvalue weighted by molar-refractivity contribution is 6.17. The van der Waals surface area contributed by atoms with Crippen LogP contribution >= 0.6 is 0 Å². The summed E-state index contributed by atoms with van der Waals surface area (Å²) in [5, 5.41) is 11.6. The maximum atomic E-state index is 14.3. The summed E-state index contributed by atoms with van der Waals surface area (Å²) in [6, 6.07) is 6.41. The maximum absolute atomic E-state index is 14.3. The van der Waals surface area contributed by atoms with Crippen LogP contribution in [0, 0.1) is 0 Å². The van der Waals surface area contributed by atoms with Gasteiger partial charge in [0.15, 0.2) is 5.60 Å². The molecule has 3 aliphatic rings. The Morgan fingerprint density at radius 2 is 1.95 bits per heavy atom. The molecule has 6 rings (SSSR count). The van der Waals surface area contributed by atoms with Crippen molar-refractivity contribution in [2.75, 3.05) is 11.4 Å². The van der Waals surface area contributed by atoms with Crippen molar-refractivity contribution >= 4 is 34.1 Å². The number of ether oxygens (including phenoxy) is 1. The van der Waals surface area contributed by atoms with Gasteiger partial charge in [0, 0.05) is 17.7 Å². The fraction of sp³-hybridized carbons (Fsp3) is 0.407. The average Bonchev–Trinajstić information content (AvgIpc) is 3.25. The van der Waals surface area contributed by atoms with Gasteiger partial charge < -0.3 is 19.3 Å². The minimum Gasteiger partial charge on any atom is -0.458 e. The smallest absolute Gasteiger partial charge is 0.449 e. The van der Waals surface area contributed by atoms with E-state index in [1.807, 2.05) is 6.92 Å². The van der Waals surface area contributed by atoms with Crippen LogP contribution in [0.25, 0.3) is 22.3 Å². The molecule has 11 heteroatoms. The first kappa shape index (κ1) is 24.6. The molecule has 0 amide bonds. The molecule has 3 aromatic rings. The molecule has 3 aliphatic heterocycles. The van der Waals surface area contributed by atoms with Crippen molar-refractivity contribution in [1.82, 2.24) is 9.55 Å². The third kappa shape index (κ3) is 3.34. The van der Waals surface area contributed by atoms with Gasteiger partial charge in [-0.05, 0) is 31.0 Å². The van der Waals surface area contributed by atoms with E-state index in [-0.39, 0.29) is 42.9 Å². The summed E-state index contributed by atoms with van der Waals surface area (Å²) >= 11 is 0. The number of hydrogen-bond acceptors (Lipinski definition) is 7. The number of fused-ring (bicyclic) bond motifs is 5. The zero-order chi connectivity index (χ0) is 27.0. The lowest BCUT2D eigenvalue weighted by atomic mass is 9.86. The Hall–Kier alpha value is -3.73. The summed E-state index contributed by atoms with van der Waals surface area (Å²) in [6.45, 7) is 3.40. The molecule has 38 heavy (non-hydrogen) atoms. The van der Waals surface area contributed by atoms with E-state index < -0.39 is 29.1 Å². The Morgan fingerprint density at radius 3 is 2.66 bits per heavy atom. The monoisotopic (exact) mass is 526 g/mol. The molecule has 1 aromatic carbocycles. The molecule has 8 nitrogen and oxygen atoms in total. The van der Waals surface area contributed by atoms with Crippen molar-refractivity contribution < 1.29 is 27.8 Å². The number of unbranched alkanes of at least 4 members (excludes halogenated alkanes) is 2. The van der Waals surface area contributed by atoms with Crippen molar-refractivity contribution in [3.8, 4) is 11.4 Å². The number of hydrogen-bond donors (Lipinski definition) is 1. The van der Waals surface area contributed by atoms with Crippen LogP contribution in [0.15, 0.2) is 34.1 Å². The van der Waals surface area contributed by atoms with Crippen molar-refractivity contribution in [3.05, 3.63) is 51.3 Å². The van der Waals surface area contributed by atoms with Gasteiger partial charge in [-0.2, -0.15) is 13.2 Å². The van der Waals surface area contributed by atoms with Crippen LogP contribution in [-0.2, 0) is 28.3 Å². The second-order valence-electron chi connectivity index (χ2n) is 9.85. The van der Waals surface area contributed by atoms with Crippen LogP contribution < -0.4 is 10.5 Å². The fourth-order valence-electron chi connectivity index (χ4n) is 5.71. The number of carbonyl (C=O) groups is 1. The molecule has 0 fully saturated rings. The quantitative estimate of drug-likeness (QED) is 0.300. The summed E-state index contributed by atoms with van der Waals surface area (Å²) in [5.74, 6) is -1.83. The number of cyclic esters (lactones) is 1. The van der Waals surface area contributed by atoms with Crippen LogP contribution in [0.4, 0.5) is 24.5 Å². The van der Waals surface area contributed by atoms with Gasteiger partial charge in [-0.25, -0.2) is 14.8 Å². The van der Waals surface area contributed by atoms with Crippen molar-refractivity contribution in [2.24, 2.45) is 4.99 Å². The van der Waals surface area contributed by atoms with Gasteiger partial charge in [0.2, 0.25) is 5.84 Å². The van der Waals surface area contributed by atoms with Crippen LogP contribution in [0.3, 0.4) is 0 Å². The number of aromatic nitrogens is 2. The third-order valence-electron chi connectivity index (χ3n) is 7.65. The number of rotatable bonds is 5. The predicted octanol–water partition coefficient (Wildman–Crippen LogP) is 4.68. The maximum Gasteiger partial charge on any atom is 0.449 e. The van der Waals surface area contributed by atoms with E-state index in [1.54, 1.807) is 25.1 Å². The fourth-order valence-corrected chi connectivity index (χ4v) is 5.71. The molecule has 0 saturated heterocycles.